The molecule has 0 atom stereocenters. The first-order valence-electron chi connectivity index (χ1n) is 5.77. The van der Waals surface area contributed by atoms with Crippen LogP contribution in [0.1, 0.15) is 24.2 Å². The zero-order valence-electron chi connectivity index (χ0n) is 10.7. The molecule has 1 saturated heterocycles. The molecule has 0 aliphatic carbocycles. The van der Waals surface area contributed by atoms with Gasteiger partial charge in [-0.1, -0.05) is 12.1 Å². The molecule has 1 aliphatic heterocycles. The fraction of sp³-hybridized carbons (Fsp3) is 0.462. The first kappa shape index (κ1) is 14.8. The van der Waals surface area contributed by atoms with Crippen LogP contribution in [0.2, 0.25) is 0 Å². The smallest absolute Gasteiger partial charge is 0.256 e. The molecule has 0 bridgehead atoms. The second-order valence-corrected chi connectivity index (χ2v) is 4.92. The third-order valence-corrected chi connectivity index (χ3v) is 2.90. The molecule has 1 heterocycles. The highest BCUT2D eigenvalue weighted by molar-refractivity contribution is 5.99. The van der Waals surface area contributed by atoms with Gasteiger partial charge in [0, 0.05) is 18.8 Å². The Kier molecular flexibility index (Phi) is 4.59. The summed E-state index contributed by atoms with van der Waals surface area (Å²) in [7, 11) is 0. The summed E-state index contributed by atoms with van der Waals surface area (Å²) in [6.45, 7) is 5.77. The van der Waals surface area contributed by atoms with Gasteiger partial charge in [0.15, 0.2) is 0 Å². The third-order valence-electron chi connectivity index (χ3n) is 2.90. The zero-order chi connectivity index (χ0) is 12.5. The minimum absolute atomic E-state index is 0. The van der Waals surface area contributed by atoms with Gasteiger partial charge in [0.25, 0.3) is 5.91 Å². The van der Waals surface area contributed by atoms with Crippen molar-refractivity contribution in [3.63, 3.8) is 0 Å². The Labute approximate surface area is 114 Å². The molecule has 0 radical (unpaired) electrons. The minimum Gasteiger partial charge on any atom is -0.398 e. The molecule has 18 heavy (non-hydrogen) atoms. The molecule has 2 N–H and O–H groups in total. The number of ether oxygens (including phenoxy) is 1. The number of anilines is 1. The van der Waals surface area contributed by atoms with Crippen LogP contribution in [0.3, 0.4) is 0 Å². The van der Waals surface area contributed by atoms with E-state index in [1.165, 1.54) is 0 Å². The van der Waals surface area contributed by atoms with E-state index >= 15 is 0 Å². The summed E-state index contributed by atoms with van der Waals surface area (Å²) < 4.78 is 5.59. The standard InChI is InChI=1S/C13H18N2O2.ClH/c1-13(2)9-15(7-8-17-13)12(16)10-5-3-4-6-11(10)14;/h3-6H,7-9,14H2,1-2H3;1H. The second-order valence-electron chi connectivity index (χ2n) is 4.92. The summed E-state index contributed by atoms with van der Waals surface area (Å²) in [5.41, 5.74) is 6.64. The summed E-state index contributed by atoms with van der Waals surface area (Å²) in [4.78, 5) is 14.1. The maximum atomic E-state index is 12.3. The maximum absolute atomic E-state index is 12.3. The van der Waals surface area contributed by atoms with E-state index in [0.717, 1.165) is 0 Å². The van der Waals surface area contributed by atoms with Crippen molar-refractivity contribution in [2.24, 2.45) is 0 Å². The van der Waals surface area contributed by atoms with Gasteiger partial charge in [-0.15, -0.1) is 12.4 Å². The Bertz CT molecular complexity index is 435. The number of para-hydroxylation sites is 1. The van der Waals surface area contributed by atoms with Gasteiger partial charge >= 0.3 is 0 Å². The van der Waals surface area contributed by atoms with Crippen molar-refractivity contribution < 1.29 is 9.53 Å². The Morgan fingerprint density at radius 2 is 2.06 bits per heavy atom. The summed E-state index contributed by atoms with van der Waals surface area (Å²) in [6.07, 6.45) is 0. The molecule has 4 nitrogen and oxygen atoms in total. The fourth-order valence-electron chi connectivity index (χ4n) is 2.05. The molecular weight excluding hydrogens is 252 g/mol. The van der Waals surface area contributed by atoms with E-state index in [1.54, 1.807) is 17.0 Å². The highest BCUT2D eigenvalue weighted by Gasteiger charge is 2.30. The average Bonchev–Trinajstić information content (AvgIpc) is 2.27. The van der Waals surface area contributed by atoms with E-state index in [-0.39, 0.29) is 23.9 Å². The summed E-state index contributed by atoms with van der Waals surface area (Å²) in [6, 6.07) is 7.17. The van der Waals surface area contributed by atoms with Crippen LogP contribution in [0.4, 0.5) is 5.69 Å². The largest absolute Gasteiger partial charge is 0.398 e. The van der Waals surface area contributed by atoms with Gasteiger partial charge in [-0.05, 0) is 26.0 Å². The molecule has 1 aromatic carbocycles. The van der Waals surface area contributed by atoms with Crippen LogP contribution in [0.15, 0.2) is 24.3 Å². The SMILES string of the molecule is CC1(C)CN(C(=O)c2ccccc2N)CCO1.Cl. The van der Waals surface area contributed by atoms with Gasteiger partial charge in [0.2, 0.25) is 0 Å². The molecular formula is C13H19ClN2O2. The van der Waals surface area contributed by atoms with Crippen LogP contribution in [0, 0.1) is 0 Å². The number of nitrogens with two attached hydrogens (primary N) is 1. The number of nitrogens with zero attached hydrogens (tertiary/aromatic N) is 1. The molecule has 0 aromatic heterocycles. The average molecular weight is 271 g/mol. The number of benzene rings is 1. The van der Waals surface area contributed by atoms with Gasteiger partial charge in [0.1, 0.15) is 0 Å². The van der Waals surface area contributed by atoms with Crippen molar-refractivity contribution in [3.05, 3.63) is 29.8 Å². The molecule has 0 spiro atoms. The Morgan fingerprint density at radius 1 is 1.39 bits per heavy atom. The Balaban J connectivity index is 0.00000162. The lowest BCUT2D eigenvalue weighted by molar-refractivity contribution is -0.0763. The van der Waals surface area contributed by atoms with E-state index < -0.39 is 0 Å². The zero-order valence-corrected chi connectivity index (χ0v) is 11.5. The molecule has 1 aromatic rings. The monoisotopic (exact) mass is 270 g/mol. The lowest BCUT2D eigenvalue weighted by Gasteiger charge is -2.38. The van der Waals surface area contributed by atoms with Crippen molar-refractivity contribution in [1.82, 2.24) is 4.90 Å². The molecule has 1 fully saturated rings. The maximum Gasteiger partial charge on any atom is 0.256 e. The number of amides is 1. The molecule has 0 unspecified atom stereocenters. The van der Waals surface area contributed by atoms with Crippen LogP contribution in [-0.2, 0) is 4.74 Å². The summed E-state index contributed by atoms with van der Waals surface area (Å²) >= 11 is 0. The van der Waals surface area contributed by atoms with E-state index in [0.29, 0.717) is 30.9 Å². The Hall–Kier alpha value is -1.26. The highest BCUT2D eigenvalue weighted by Crippen LogP contribution is 2.20. The van der Waals surface area contributed by atoms with Crippen molar-refractivity contribution in [2.75, 3.05) is 25.4 Å². The number of nitrogen functional groups attached to an aromatic ring is 1. The van der Waals surface area contributed by atoms with Crippen LogP contribution >= 0.6 is 12.4 Å². The number of hydrogen-bond donors (Lipinski definition) is 1. The number of morpholine rings is 1. The number of rotatable bonds is 1. The first-order valence-corrected chi connectivity index (χ1v) is 5.77. The number of carbonyl (C=O) groups is 1. The molecule has 2 rings (SSSR count). The number of halogens is 1. The van der Waals surface area contributed by atoms with Gasteiger partial charge in [0.05, 0.1) is 17.8 Å². The van der Waals surface area contributed by atoms with Crippen LogP contribution in [-0.4, -0.2) is 36.1 Å². The highest BCUT2D eigenvalue weighted by atomic mass is 35.5. The minimum atomic E-state index is -0.280. The topological polar surface area (TPSA) is 55.6 Å². The van der Waals surface area contributed by atoms with Crippen molar-refractivity contribution in [2.45, 2.75) is 19.4 Å². The molecule has 1 amide bonds. The van der Waals surface area contributed by atoms with E-state index in [9.17, 15) is 4.79 Å². The van der Waals surface area contributed by atoms with Crippen LogP contribution in [0.5, 0.6) is 0 Å². The summed E-state index contributed by atoms with van der Waals surface area (Å²) in [5.74, 6) is -0.0144. The number of hydrogen-bond acceptors (Lipinski definition) is 3. The van der Waals surface area contributed by atoms with Gasteiger partial charge < -0.3 is 15.4 Å². The van der Waals surface area contributed by atoms with E-state index in [1.807, 2.05) is 26.0 Å². The van der Waals surface area contributed by atoms with Gasteiger partial charge in [-0.2, -0.15) is 0 Å². The van der Waals surface area contributed by atoms with E-state index in [4.69, 9.17) is 10.5 Å². The molecule has 5 heteroatoms. The fourth-order valence-corrected chi connectivity index (χ4v) is 2.05. The van der Waals surface area contributed by atoms with Crippen LogP contribution in [0.25, 0.3) is 0 Å². The Morgan fingerprint density at radius 3 is 2.67 bits per heavy atom. The van der Waals surface area contributed by atoms with Crippen molar-refractivity contribution in [1.29, 1.82) is 0 Å². The lowest BCUT2D eigenvalue weighted by atomic mass is 10.1. The van der Waals surface area contributed by atoms with Gasteiger partial charge in [-0.25, -0.2) is 0 Å². The normalized spacial score (nSPS) is 18.0. The molecule has 0 saturated carbocycles. The quantitative estimate of drug-likeness (QED) is 0.794. The summed E-state index contributed by atoms with van der Waals surface area (Å²) in [5, 5.41) is 0. The molecule has 1 aliphatic rings. The lowest BCUT2D eigenvalue weighted by Crippen LogP contribution is -2.50. The van der Waals surface area contributed by atoms with Gasteiger partial charge in [-0.3, -0.25) is 4.79 Å². The second kappa shape index (κ2) is 5.59. The predicted molar refractivity (Wildman–Crippen MR) is 74.0 cm³/mol. The first-order chi connectivity index (χ1) is 7.99. The predicted octanol–water partition coefficient (Wildman–Crippen LogP) is 1.94. The molecule has 100 valence electrons. The van der Waals surface area contributed by atoms with E-state index in [2.05, 4.69) is 0 Å². The van der Waals surface area contributed by atoms with Crippen LogP contribution < -0.4 is 5.73 Å². The third kappa shape index (κ3) is 3.15. The number of carbonyl (C=O) groups excluding carboxylic acids is 1. The van der Waals surface area contributed by atoms with Crippen molar-refractivity contribution >= 4 is 24.0 Å². The van der Waals surface area contributed by atoms with Crippen molar-refractivity contribution in [3.8, 4) is 0 Å².